The lowest BCUT2D eigenvalue weighted by molar-refractivity contribution is 0.646. The zero-order valence-electron chi connectivity index (χ0n) is 5.08. The molecule has 9 heavy (non-hydrogen) atoms. The summed E-state index contributed by atoms with van der Waals surface area (Å²) >= 11 is 7.34. The molecule has 2 aliphatic rings. The fraction of sp³-hybridized carbons (Fsp3) is 0.714. The van der Waals surface area contributed by atoms with Gasteiger partial charge in [-0.15, -0.1) is 0 Å². The van der Waals surface area contributed by atoms with Gasteiger partial charge in [-0.3, -0.25) is 0 Å². The van der Waals surface area contributed by atoms with Gasteiger partial charge in [0.25, 0.3) is 0 Å². The number of allylic oxidation sites excluding steroid dienone is 2. The molecule has 2 aliphatic carbocycles. The second-order valence-electron chi connectivity index (χ2n) is 3.01. The molecule has 0 saturated heterocycles. The minimum absolute atomic E-state index is 0.473. The van der Waals surface area contributed by atoms with Crippen molar-refractivity contribution in [3.8, 4) is 0 Å². The first kappa shape index (κ1) is 6.41. The Morgan fingerprint density at radius 2 is 2.11 bits per heavy atom. The smallest absolute Gasteiger partial charge is 0.0343 e. The molecule has 2 bridgehead atoms. The average Bonchev–Trinajstić information content (AvgIpc) is 2.20. The van der Waals surface area contributed by atoms with Crippen LogP contribution in [0.5, 0.6) is 0 Å². The van der Waals surface area contributed by atoms with Crippen LogP contribution in [-0.4, -0.2) is 4.32 Å². The molecule has 0 radical (unpaired) electrons. The van der Waals surface area contributed by atoms with Crippen LogP contribution in [0.25, 0.3) is 0 Å². The van der Waals surface area contributed by atoms with Gasteiger partial charge in [0.05, 0.1) is 0 Å². The molecule has 0 amide bonds. The number of rotatable bonds is 0. The van der Waals surface area contributed by atoms with Gasteiger partial charge in [0, 0.05) is 4.32 Å². The first-order valence-electron chi connectivity index (χ1n) is 3.25. The summed E-state index contributed by atoms with van der Waals surface area (Å²) in [5, 5.41) is 0. The summed E-state index contributed by atoms with van der Waals surface area (Å²) in [6, 6.07) is 0. The molecule has 0 aromatic carbocycles. The minimum Gasteiger partial charge on any atom is -0.0846 e. The maximum atomic E-state index is 3.76. The van der Waals surface area contributed by atoms with Crippen LogP contribution in [0.4, 0.5) is 0 Å². The van der Waals surface area contributed by atoms with E-state index >= 15 is 0 Å². The number of halogens is 2. The van der Waals surface area contributed by atoms with Gasteiger partial charge >= 0.3 is 0 Å². The van der Waals surface area contributed by atoms with E-state index in [-0.39, 0.29) is 0 Å². The second-order valence-corrected chi connectivity index (χ2v) is 5.65. The van der Waals surface area contributed by atoms with Crippen molar-refractivity contribution in [3.05, 3.63) is 10.1 Å². The van der Waals surface area contributed by atoms with E-state index in [2.05, 4.69) is 31.9 Å². The molecule has 1 saturated carbocycles. The molecular weight excluding hydrogens is 244 g/mol. The summed E-state index contributed by atoms with van der Waals surface area (Å²) in [5.41, 5.74) is 1.65. The fourth-order valence-electron chi connectivity index (χ4n) is 1.72. The quantitative estimate of drug-likeness (QED) is 0.580. The topological polar surface area (TPSA) is 0 Å². The Morgan fingerprint density at radius 1 is 1.33 bits per heavy atom. The number of hydrogen-bond acceptors (Lipinski definition) is 0. The van der Waals surface area contributed by atoms with E-state index in [1.807, 2.05) is 0 Å². The van der Waals surface area contributed by atoms with E-state index in [1.54, 1.807) is 5.57 Å². The van der Waals surface area contributed by atoms with Crippen molar-refractivity contribution in [1.82, 2.24) is 0 Å². The molecule has 0 heterocycles. The van der Waals surface area contributed by atoms with Crippen LogP contribution in [0, 0.1) is 0 Å². The van der Waals surface area contributed by atoms with E-state index < -0.39 is 0 Å². The number of hydrogen-bond donors (Lipinski definition) is 0. The predicted octanol–water partition coefficient (Wildman–Crippen LogP) is 3.36. The highest BCUT2D eigenvalue weighted by molar-refractivity contribution is 9.12. The molecule has 0 nitrogen and oxygen atoms in total. The SMILES string of the molecule is BrC1=C2CCC(Br)(C1)C2. The summed E-state index contributed by atoms with van der Waals surface area (Å²) in [7, 11) is 0. The van der Waals surface area contributed by atoms with Gasteiger partial charge in [-0.2, -0.15) is 0 Å². The Labute approximate surface area is 72.0 Å². The molecule has 0 aliphatic heterocycles. The zero-order chi connectivity index (χ0) is 6.48. The molecule has 1 atom stereocenters. The number of fused-ring (bicyclic) bond motifs is 2. The Bertz CT molecular complexity index is 179. The Kier molecular flexibility index (Phi) is 1.32. The van der Waals surface area contributed by atoms with Crippen molar-refractivity contribution >= 4 is 31.9 Å². The van der Waals surface area contributed by atoms with E-state index in [0.717, 1.165) is 0 Å². The fourth-order valence-corrected chi connectivity index (χ4v) is 3.79. The van der Waals surface area contributed by atoms with Crippen molar-refractivity contribution in [2.75, 3.05) is 0 Å². The summed E-state index contributed by atoms with van der Waals surface area (Å²) in [6.07, 6.45) is 5.17. The highest BCUT2D eigenvalue weighted by atomic mass is 79.9. The molecule has 2 rings (SSSR count). The molecule has 0 aromatic rings. The van der Waals surface area contributed by atoms with Gasteiger partial charge in [0.15, 0.2) is 0 Å². The van der Waals surface area contributed by atoms with Gasteiger partial charge in [-0.25, -0.2) is 0 Å². The Balaban J connectivity index is 2.35. The maximum Gasteiger partial charge on any atom is 0.0343 e. The number of alkyl halides is 1. The third-order valence-electron chi connectivity index (χ3n) is 2.26. The van der Waals surface area contributed by atoms with Crippen LogP contribution in [-0.2, 0) is 0 Å². The van der Waals surface area contributed by atoms with Crippen LogP contribution >= 0.6 is 31.9 Å². The monoisotopic (exact) mass is 250 g/mol. The molecule has 2 heteroatoms. The van der Waals surface area contributed by atoms with Crippen molar-refractivity contribution < 1.29 is 0 Å². The normalized spacial score (nSPS) is 40.7. The first-order chi connectivity index (χ1) is 4.20. The Morgan fingerprint density at radius 3 is 2.33 bits per heavy atom. The minimum atomic E-state index is 0.473. The van der Waals surface area contributed by atoms with E-state index in [0.29, 0.717) is 4.32 Å². The first-order valence-corrected chi connectivity index (χ1v) is 4.84. The highest BCUT2D eigenvalue weighted by Crippen LogP contribution is 2.54. The van der Waals surface area contributed by atoms with Crippen LogP contribution in [0.2, 0.25) is 0 Å². The van der Waals surface area contributed by atoms with Gasteiger partial charge in [0.2, 0.25) is 0 Å². The van der Waals surface area contributed by atoms with Gasteiger partial charge < -0.3 is 0 Å². The lowest BCUT2D eigenvalue weighted by atomic mass is 10.1. The zero-order valence-corrected chi connectivity index (χ0v) is 8.26. The third kappa shape index (κ3) is 0.911. The van der Waals surface area contributed by atoms with Crippen LogP contribution < -0.4 is 0 Å². The maximum absolute atomic E-state index is 3.76. The van der Waals surface area contributed by atoms with E-state index in [4.69, 9.17) is 0 Å². The highest BCUT2D eigenvalue weighted by Gasteiger charge is 2.40. The van der Waals surface area contributed by atoms with Crippen molar-refractivity contribution in [3.63, 3.8) is 0 Å². The van der Waals surface area contributed by atoms with Gasteiger partial charge in [-0.05, 0) is 30.2 Å². The Hall–Kier alpha value is 0.700. The summed E-state index contributed by atoms with van der Waals surface area (Å²) in [5.74, 6) is 0. The van der Waals surface area contributed by atoms with E-state index in [9.17, 15) is 0 Å². The summed E-state index contributed by atoms with van der Waals surface area (Å²) in [6.45, 7) is 0. The molecule has 50 valence electrons. The van der Waals surface area contributed by atoms with Crippen molar-refractivity contribution in [2.24, 2.45) is 0 Å². The molecule has 0 N–H and O–H groups in total. The standard InChI is InChI=1S/C7H8Br2/c8-6-4-7(9)2-1-5(6)3-7/h1-4H2. The van der Waals surface area contributed by atoms with Crippen LogP contribution in [0.1, 0.15) is 25.7 Å². The van der Waals surface area contributed by atoms with Crippen LogP contribution in [0.15, 0.2) is 10.1 Å². The van der Waals surface area contributed by atoms with Crippen molar-refractivity contribution in [2.45, 2.75) is 30.0 Å². The second kappa shape index (κ2) is 1.85. The molecule has 0 aromatic heterocycles. The van der Waals surface area contributed by atoms with Crippen molar-refractivity contribution in [1.29, 1.82) is 0 Å². The average molecular weight is 252 g/mol. The predicted molar refractivity (Wildman–Crippen MR) is 46.1 cm³/mol. The molecule has 1 unspecified atom stereocenters. The lowest BCUT2D eigenvalue weighted by Crippen LogP contribution is -2.11. The largest absolute Gasteiger partial charge is 0.0846 e. The summed E-state index contributed by atoms with van der Waals surface area (Å²) in [4.78, 5) is 0. The van der Waals surface area contributed by atoms with Gasteiger partial charge in [-0.1, -0.05) is 37.4 Å². The third-order valence-corrected chi connectivity index (χ3v) is 4.06. The van der Waals surface area contributed by atoms with Gasteiger partial charge in [0.1, 0.15) is 0 Å². The molecule has 0 spiro atoms. The lowest BCUT2D eigenvalue weighted by Gasteiger charge is -2.16. The molecule has 1 fully saturated rings. The van der Waals surface area contributed by atoms with E-state index in [1.165, 1.54) is 30.2 Å². The van der Waals surface area contributed by atoms with Crippen LogP contribution in [0.3, 0.4) is 0 Å². The summed E-state index contributed by atoms with van der Waals surface area (Å²) < 4.78 is 1.94. The molecular formula is C7H8Br2.